The lowest BCUT2D eigenvalue weighted by Crippen LogP contribution is -2.42. The molecule has 1 saturated heterocycles. The Bertz CT molecular complexity index is 864. The number of carbonyl (C=O) groups is 1. The Labute approximate surface area is 178 Å². The summed E-state index contributed by atoms with van der Waals surface area (Å²) >= 11 is 0. The average molecular weight is 431 g/mol. The number of rotatable bonds is 10. The molecule has 1 heterocycles. The zero-order valence-electron chi connectivity index (χ0n) is 17.1. The first-order chi connectivity index (χ1) is 14.5. The third-order valence-electron chi connectivity index (χ3n) is 5.46. The van der Waals surface area contributed by atoms with E-state index in [1.807, 2.05) is 60.7 Å². The van der Waals surface area contributed by atoms with Crippen LogP contribution in [0.2, 0.25) is 0 Å². The van der Waals surface area contributed by atoms with Crippen LogP contribution in [0.5, 0.6) is 0 Å². The Kier molecular flexibility index (Phi) is 8.01. The van der Waals surface area contributed by atoms with Crippen LogP contribution in [0.15, 0.2) is 60.7 Å². The summed E-state index contributed by atoms with van der Waals surface area (Å²) in [5.41, 5.74) is 2.16. The monoisotopic (exact) mass is 430 g/mol. The quantitative estimate of drug-likeness (QED) is 0.602. The van der Waals surface area contributed by atoms with Crippen LogP contribution in [0.4, 0.5) is 0 Å². The summed E-state index contributed by atoms with van der Waals surface area (Å²) in [4.78, 5) is 14.8. The smallest absolute Gasteiger partial charge is 0.234 e. The highest BCUT2D eigenvalue weighted by Gasteiger charge is 2.29. The topological polar surface area (TPSA) is 86.7 Å². The molecule has 0 saturated carbocycles. The molecule has 0 aromatic heterocycles. The zero-order valence-corrected chi connectivity index (χ0v) is 17.9. The van der Waals surface area contributed by atoms with Gasteiger partial charge in [-0.15, -0.1) is 0 Å². The summed E-state index contributed by atoms with van der Waals surface area (Å²) in [5, 5.41) is 12.3. The van der Waals surface area contributed by atoms with Gasteiger partial charge in [-0.25, -0.2) is 8.42 Å². The number of aliphatic hydroxyl groups is 1. The molecule has 7 heteroatoms. The molecule has 1 aliphatic rings. The molecule has 2 aromatic rings. The Morgan fingerprint density at radius 3 is 2.17 bits per heavy atom. The zero-order chi connectivity index (χ0) is 21.4. The molecule has 2 aromatic carbocycles. The maximum atomic E-state index is 12.7. The van der Waals surface area contributed by atoms with E-state index >= 15 is 0 Å². The number of carbonyl (C=O) groups excluding carboxylic acids is 1. The molecule has 3 rings (SSSR count). The molecule has 1 fully saturated rings. The number of sulfone groups is 1. The van der Waals surface area contributed by atoms with E-state index in [-0.39, 0.29) is 42.5 Å². The minimum absolute atomic E-state index is 0.0103. The normalized spacial score (nSPS) is 18.0. The molecule has 1 atom stereocenters. The fraction of sp³-hybridized carbons (Fsp3) is 0.435. The van der Waals surface area contributed by atoms with Gasteiger partial charge < -0.3 is 10.4 Å². The highest BCUT2D eigenvalue weighted by atomic mass is 32.2. The van der Waals surface area contributed by atoms with E-state index < -0.39 is 9.84 Å². The number of nitrogens with one attached hydrogen (secondary N) is 1. The standard InChI is InChI=1S/C23H30N2O4S/c26-14-7-13-25(17-22(27)24-16-19-12-15-30(28,29)18-19)23(20-8-3-1-4-9-20)21-10-5-2-6-11-21/h1-6,8-11,19,23,26H,7,12-18H2,(H,24,27). The highest BCUT2D eigenvalue weighted by molar-refractivity contribution is 7.91. The van der Waals surface area contributed by atoms with E-state index in [0.717, 1.165) is 11.1 Å². The van der Waals surface area contributed by atoms with Crippen molar-refractivity contribution in [1.82, 2.24) is 10.2 Å². The summed E-state index contributed by atoms with van der Waals surface area (Å²) in [7, 11) is -2.95. The van der Waals surface area contributed by atoms with Gasteiger partial charge in [-0.2, -0.15) is 0 Å². The lowest BCUT2D eigenvalue weighted by Gasteiger charge is -2.32. The minimum atomic E-state index is -2.95. The Balaban J connectivity index is 1.74. The van der Waals surface area contributed by atoms with Gasteiger partial charge in [-0.3, -0.25) is 9.69 Å². The van der Waals surface area contributed by atoms with Crippen molar-refractivity contribution in [2.75, 3.05) is 37.7 Å². The molecular formula is C23H30N2O4S. The Morgan fingerprint density at radius 1 is 1.07 bits per heavy atom. The Morgan fingerprint density at radius 2 is 1.67 bits per heavy atom. The predicted octanol–water partition coefficient (Wildman–Crippen LogP) is 2.01. The van der Waals surface area contributed by atoms with Crippen LogP contribution in [0.1, 0.15) is 30.0 Å². The first-order valence-corrected chi connectivity index (χ1v) is 12.2. The van der Waals surface area contributed by atoms with Crippen LogP contribution in [0.3, 0.4) is 0 Å². The van der Waals surface area contributed by atoms with Crippen molar-refractivity contribution in [3.05, 3.63) is 71.8 Å². The lowest BCUT2D eigenvalue weighted by atomic mass is 9.96. The van der Waals surface area contributed by atoms with E-state index in [1.165, 1.54) is 0 Å². The SMILES string of the molecule is O=C(CN(CCCO)C(c1ccccc1)c1ccccc1)NCC1CCS(=O)(=O)C1. The van der Waals surface area contributed by atoms with E-state index in [4.69, 9.17) is 0 Å². The van der Waals surface area contributed by atoms with E-state index in [9.17, 15) is 18.3 Å². The maximum Gasteiger partial charge on any atom is 0.234 e. The molecule has 30 heavy (non-hydrogen) atoms. The van der Waals surface area contributed by atoms with Gasteiger partial charge in [0.25, 0.3) is 0 Å². The van der Waals surface area contributed by atoms with Crippen molar-refractivity contribution in [2.45, 2.75) is 18.9 Å². The van der Waals surface area contributed by atoms with Crippen molar-refractivity contribution < 1.29 is 18.3 Å². The number of benzene rings is 2. The minimum Gasteiger partial charge on any atom is -0.396 e. The molecule has 1 unspecified atom stereocenters. The van der Waals surface area contributed by atoms with Gasteiger partial charge in [-0.05, 0) is 29.9 Å². The first-order valence-electron chi connectivity index (χ1n) is 10.4. The summed E-state index contributed by atoms with van der Waals surface area (Å²) in [6.07, 6.45) is 1.16. The third-order valence-corrected chi connectivity index (χ3v) is 7.30. The van der Waals surface area contributed by atoms with Crippen LogP contribution in [0.25, 0.3) is 0 Å². The predicted molar refractivity (Wildman–Crippen MR) is 118 cm³/mol. The second-order valence-electron chi connectivity index (χ2n) is 7.84. The van der Waals surface area contributed by atoms with E-state index in [0.29, 0.717) is 25.9 Å². The third kappa shape index (κ3) is 6.39. The van der Waals surface area contributed by atoms with Crippen molar-refractivity contribution in [2.24, 2.45) is 5.92 Å². The first kappa shape index (κ1) is 22.5. The maximum absolute atomic E-state index is 12.7. The molecule has 162 valence electrons. The van der Waals surface area contributed by atoms with Gasteiger partial charge in [0.2, 0.25) is 5.91 Å². The molecule has 0 bridgehead atoms. The van der Waals surface area contributed by atoms with Gasteiger partial charge in [0.05, 0.1) is 24.1 Å². The van der Waals surface area contributed by atoms with E-state index in [2.05, 4.69) is 10.2 Å². The number of hydrogen-bond donors (Lipinski definition) is 2. The molecule has 6 nitrogen and oxygen atoms in total. The lowest BCUT2D eigenvalue weighted by molar-refractivity contribution is -0.122. The summed E-state index contributed by atoms with van der Waals surface area (Å²) in [6, 6.07) is 19.9. The molecule has 1 amide bonds. The van der Waals surface area contributed by atoms with Crippen molar-refractivity contribution in [1.29, 1.82) is 0 Å². The summed E-state index contributed by atoms with van der Waals surface area (Å²) < 4.78 is 23.3. The van der Waals surface area contributed by atoms with Crippen molar-refractivity contribution in [3.63, 3.8) is 0 Å². The molecule has 0 aliphatic carbocycles. The van der Waals surface area contributed by atoms with Crippen LogP contribution < -0.4 is 5.32 Å². The van der Waals surface area contributed by atoms with Crippen molar-refractivity contribution in [3.8, 4) is 0 Å². The fourth-order valence-electron chi connectivity index (χ4n) is 3.99. The number of amides is 1. The van der Waals surface area contributed by atoms with Crippen LogP contribution in [-0.2, 0) is 14.6 Å². The van der Waals surface area contributed by atoms with Crippen LogP contribution >= 0.6 is 0 Å². The number of hydrogen-bond acceptors (Lipinski definition) is 5. The van der Waals surface area contributed by atoms with Gasteiger partial charge in [0.15, 0.2) is 9.84 Å². The van der Waals surface area contributed by atoms with E-state index in [1.54, 1.807) is 0 Å². The van der Waals surface area contributed by atoms with Gasteiger partial charge in [0, 0.05) is 19.7 Å². The average Bonchev–Trinajstić information content (AvgIpc) is 3.11. The second kappa shape index (κ2) is 10.7. The molecule has 0 radical (unpaired) electrons. The highest BCUT2D eigenvalue weighted by Crippen LogP contribution is 2.28. The fourth-order valence-corrected chi connectivity index (χ4v) is 5.85. The van der Waals surface area contributed by atoms with Crippen LogP contribution in [0, 0.1) is 5.92 Å². The van der Waals surface area contributed by atoms with Crippen LogP contribution in [-0.4, -0.2) is 62.1 Å². The number of nitrogens with zero attached hydrogens (tertiary/aromatic N) is 1. The second-order valence-corrected chi connectivity index (χ2v) is 10.1. The van der Waals surface area contributed by atoms with Gasteiger partial charge in [0.1, 0.15) is 0 Å². The largest absolute Gasteiger partial charge is 0.396 e. The molecular weight excluding hydrogens is 400 g/mol. The molecule has 1 aliphatic heterocycles. The number of aliphatic hydroxyl groups excluding tert-OH is 1. The molecule has 2 N–H and O–H groups in total. The van der Waals surface area contributed by atoms with Crippen molar-refractivity contribution >= 4 is 15.7 Å². The summed E-state index contributed by atoms with van der Waals surface area (Å²) in [6.45, 7) is 1.17. The summed E-state index contributed by atoms with van der Waals surface area (Å²) in [5.74, 6) is 0.219. The van der Waals surface area contributed by atoms with Gasteiger partial charge >= 0.3 is 0 Å². The van der Waals surface area contributed by atoms with Gasteiger partial charge in [-0.1, -0.05) is 60.7 Å². The Hall–Kier alpha value is -2.22. The molecule has 0 spiro atoms.